The Morgan fingerprint density at radius 2 is 1.95 bits per heavy atom. The summed E-state index contributed by atoms with van der Waals surface area (Å²) in [4.78, 5) is 26.2. The van der Waals surface area contributed by atoms with Crippen LogP contribution in [-0.4, -0.2) is 44.5 Å². The summed E-state index contributed by atoms with van der Waals surface area (Å²) in [5, 5.41) is 0. The van der Waals surface area contributed by atoms with Gasteiger partial charge in [0.1, 0.15) is 5.57 Å². The van der Waals surface area contributed by atoms with Crippen molar-refractivity contribution in [3.8, 4) is 5.75 Å². The highest BCUT2D eigenvalue weighted by atomic mass is 19.1. The molecule has 5 nitrogen and oxygen atoms in total. The Hall–Kier alpha value is -2.37. The number of ether oxygens (including phenoxy) is 2. The third-order valence-electron chi connectivity index (χ3n) is 2.93. The number of hydrogen-bond acceptors (Lipinski definition) is 5. The summed E-state index contributed by atoms with van der Waals surface area (Å²) in [6, 6.07) is 2.47. The first-order valence-electron chi connectivity index (χ1n) is 6.76. The first-order valence-corrected chi connectivity index (χ1v) is 6.76. The fraction of sp³-hybridized carbons (Fsp3) is 0.375. The molecule has 1 aromatic rings. The third kappa shape index (κ3) is 3.84. The van der Waals surface area contributed by atoms with Gasteiger partial charge in [-0.05, 0) is 26.0 Å². The van der Waals surface area contributed by atoms with Gasteiger partial charge in [-0.15, -0.1) is 0 Å². The van der Waals surface area contributed by atoms with Gasteiger partial charge in [-0.25, -0.2) is 9.18 Å². The van der Waals surface area contributed by atoms with Gasteiger partial charge in [0.2, 0.25) is 5.78 Å². The van der Waals surface area contributed by atoms with Crippen LogP contribution >= 0.6 is 0 Å². The molecule has 0 saturated heterocycles. The van der Waals surface area contributed by atoms with Crippen molar-refractivity contribution in [1.29, 1.82) is 0 Å². The molecule has 0 aliphatic heterocycles. The zero-order valence-corrected chi connectivity index (χ0v) is 13.4. The van der Waals surface area contributed by atoms with E-state index in [0.717, 1.165) is 6.07 Å². The molecule has 0 aliphatic carbocycles. The largest absolute Gasteiger partial charge is 0.493 e. The van der Waals surface area contributed by atoms with Gasteiger partial charge in [0, 0.05) is 31.4 Å². The number of methoxy groups -OCH3 is 1. The van der Waals surface area contributed by atoms with E-state index in [1.165, 1.54) is 19.4 Å². The maximum absolute atomic E-state index is 13.6. The van der Waals surface area contributed by atoms with E-state index in [2.05, 4.69) is 0 Å². The summed E-state index contributed by atoms with van der Waals surface area (Å²) in [7, 11) is 4.69. The van der Waals surface area contributed by atoms with Crippen LogP contribution in [0.4, 0.5) is 4.39 Å². The predicted molar refractivity (Wildman–Crippen MR) is 80.4 cm³/mol. The van der Waals surface area contributed by atoms with Gasteiger partial charge in [0.25, 0.3) is 0 Å². The molecule has 0 N–H and O–H groups in total. The van der Waals surface area contributed by atoms with Gasteiger partial charge in [-0.2, -0.15) is 0 Å². The van der Waals surface area contributed by atoms with E-state index in [0.29, 0.717) is 5.56 Å². The van der Waals surface area contributed by atoms with Crippen LogP contribution in [0.25, 0.3) is 0 Å². The minimum absolute atomic E-state index is 0.0149. The molecule has 1 rings (SSSR count). The SMILES string of the molecule is CCOC(=O)/C(=C\N(C)C)C(=O)c1ccc(F)c(OC)c1C. The summed E-state index contributed by atoms with van der Waals surface area (Å²) in [5.41, 5.74) is 0.407. The fourth-order valence-electron chi connectivity index (χ4n) is 1.97. The van der Waals surface area contributed by atoms with Crippen LogP contribution in [-0.2, 0) is 9.53 Å². The maximum Gasteiger partial charge on any atom is 0.343 e. The van der Waals surface area contributed by atoms with Gasteiger partial charge < -0.3 is 14.4 Å². The summed E-state index contributed by atoms with van der Waals surface area (Å²) in [5.74, 6) is -1.84. The van der Waals surface area contributed by atoms with Crippen molar-refractivity contribution in [2.45, 2.75) is 13.8 Å². The highest BCUT2D eigenvalue weighted by Gasteiger charge is 2.25. The van der Waals surface area contributed by atoms with Crippen LogP contribution in [0, 0.1) is 12.7 Å². The molecule has 0 amide bonds. The Labute approximate surface area is 129 Å². The highest BCUT2D eigenvalue weighted by Crippen LogP contribution is 2.27. The third-order valence-corrected chi connectivity index (χ3v) is 2.93. The monoisotopic (exact) mass is 309 g/mol. The number of carbonyl (C=O) groups excluding carboxylic acids is 2. The molecule has 1 aromatic carbocycles. The molecule has 0 radical (unpaired) electrons. The van der Waals surface area contributed by atoms with Gasteiger partial charge in [0.15, 0.2) is 11.6 Å². The second-order valence-corrected chi connectivity index (χ2v) is 4.81. The van der Waals surface area contributed by atoms with Crippen molar-refractivity contribution in [2.24, 2.45) is 0 Å². The quantitative estimate of drug-likeness (QED) is 0.265. The Kier molecular flexibility index (Phi) is 6.10. The first-order chi connectivity index (χ1) is 10.3. The number of rotatable bonds is 6. The molecule has 0 aliphatic rings. The average Bonchev–Trinajstić information content (AvgIpc) is 2.44. The number of nitrogens with zero attached hydrogens (tertiary/aromatic N) is 1. The topological polar surface area (TPSA) is 55.8 Å². The molecule has 0 atom stereocenters. The zero-order chi connectivity index (χ0) is 16.9. The minimum Gasteiger partial charge on any atom is -0.493 e. The molecule has 22 heavy (non-hydrogen) atoms. The number of hydrogen-bond donors (Lipinski definition) is 0. The van der Waals surface area contributed by atoms with Crippen molar-refractivity contribution < 1.29 is 23.5 Å². The number of esters is 1. The van der Waals surface area contributed by atoms with Gasteiger partial charge >= 0.3 is 5.97 Å². The molecule has 0 aromatic heterocycles. The van der Waals surface area contributed by atoms with E-state index < -0.39 is 17.6 Å². The van der Waals surface area contributed by atoms with Crippen molar-refractivity contribution in [2.75, 3.05) is 27.8 Å². The molecule has 0 saturated carbocycles. The molecule has 0 bridgehead atoms. The van der Waals surface area contributed by atoms with Crippen molar-refractivity contribution in [1.82, 2.24) is 4.90 Å². The summed E-state index contributed by atoms with van der Waals surface area (Å²) in [6.07, 6.45) is 1.38. The molecule has 0 heterocycles. The van der Waals surface area contributed by atoms with Crippen LogP contribution in [0.15, 0.2) is 23.9 Å². The predicted octanol–water partition coefficient (Wildman–Crippen LogP) is 2.33. The lowest BCUT2D eigenvalue weighted by Gasteiger charge is -2.14. The van der Waals surface area contributed by atoms with Gasteiger partial charge in [-0.1, -0.05) is 0 Å². The molecule has 120 valence electrons. The number of ketones is 1. The molecule has 0 fully saturated rings. The van der Waals surface area contributed by atoms with Crippen molar-refractivity contribution in [3.05, 3.63) is 40.8 Å². The summed E-state index contributed by atoms with van der Waals surface area (Å²) >= 11 is 0. The normalized spacial score (nSPS) is 11.1. The standard InChI is InChI=1S/C16H20FNO4/c1-6-22-16(20)12(9-18(3)4)14(19)11-7-8-13(17)15(21-5)10(11)2/h7-9H,6H2,1-5H3/b12-9-. The van der Waals surface area contributed by atoms with E-state index in [9.17, 15) is 14.0 Å². The molecular formula is C16H20FNO4. The summed E-state index contributed by atoms with van der Waals surface area (Å²) < 4.78 is 23.5. The summed E-state index contributed by atoms with van der Waals surface area (Å²) in [6.45, 7) is 3.37. The molecular weight excluding hydrogens is 289 g/mol. The van der Waals surface area contributed by atoms with E-state index in [1.54, 1.807) is 32.8 Å². The van der Waals surface area contributed by atoms with E-state index >= 15 is 0 Å². The highest BCUT2D eigenvalue weighted by molar-refractivity contribution is 6.24. The average molecular weight is 309 g/mol. The van der Waals surface area contributed by atoms with E-state index in [4.69, 9.17) is 9.47 Å². The van der Waals surface area contributed by atoms with Crippen LogP contribution in [0.1, 0.15) is 22.8 Å². The Morgan fingerprint density at radius 3 is 2.45 bits per heavy atom. The van der Waals surface area contributed by atoms with Crippen LogP contribution in [0.5, 0.6) is 5.75 Å². The van der Waals surface area contributed by atoms with Crippen LogP contribution < -0.4 is 4.74 Å². The van der Waals surface area contributed by atoms with E-state index in [1.807, 2.05) is 0 Å². The van der Waals surface area contributed by atoms with E-state index in [-0.39, 0.29) is 23.5 Å². The smallest absolute Gasteiger partial charge is 0.343 e. The fourth-order valence-corrected chi connectivity index (χ4v) is 1.97. The van der Waals surface area contributed by atoms with Gasteiger partial charge in [-0.3, -0.25) is 4.79 Å². The number of halogens is 1. The molecule has 6 heteroatoms. The van der Waals surface area contributed by atoms with Gasteiger partial charge in [0.05, 0.1) is 13.7 Å². The molecule has 0 unspecified atom stereocenters. The second kappa shape index (κ2) is 7.59. The lowest BCUT2D eigenvalue weighted by molar-refractivity contribution is -0.138. The minimum atomic E-state index is -0.719. The Morgan fingerprint density at radius 1 is 1.32 bits per heavy atom. The molecule has 0 spiro atoms. The zero-order valence-electron chi connectivity index (χ0n) is 13.4. The number of benzene rings is 1. The lowest BCUT2D eigenvalue weighted by atomic mass is 9.98. The Bertz CT molecular complexity index is 608. The first kappa shape index (κ1) is 17.7. The Balaban J connectivity index is 3.35. The van der Waals surface area contributed by atoms with Crippen molar-refractivity contribution >= 4 is 11.8 Å². The number of carbonyl (C=O) groups is 2. The second-order valence-electron chi connectivity index (χ2n) is 4.81. The number of Topliss-reactive ketones (excluding diaryl/α,β-unsaturated/α-hetero) is 1. The van der Waals surface area contributed by atoms with Crippen LogP contribution in [0.3, 0.4) is 0 Å². The van der Waals surface area contributed by atoms with Crippen LogP contribution in [0.2, 0.25) is 0 Å². The maximum atomic E-state index is 13.6. The van der Waals surface area contributed by atoms with Crippen molar-refractivity contribution in [3.63, 3.8) is 0 Å². The lowest BCUT2D eigenvalue weighted by Crippen LogP contribution is -2.20.